The highest BCUT2D eigenvalue weighted by Gasteiger charge is 2.18. The Labute approximate surface area is 127 Å². The zero-order valence-electron chi connectivity index (χ0n) is 12.0. The van der Waals surface area contributed by atoms with Crippen molar-refractivity contribution in [2.45, 2.75) is 13.3 Å². The average molecular weight is 299 g/mol. The van der Waals surface area contributed by atoms with E-state index in [2.05, 4.69) is 28.6 Å². The molecule has 4 nitrogen and oxygen atoms in total. The summed E-state index contributed by atoms with van der Waals surface area (Å²) in [5.41, 5.74) is 10.3. The van der Waals surface area contributed by atoms with Gasteiger partial charge in [-0.3, -0.25) is 5.10 Å². The molecule has 3 rings (SSSR count). The zero-order chi connectivity index (χ0) is 14.8. The summed E-state index contributed by atoms with van der Waals surface area (Å²) in [6, 6.07) is 10.0. The standard InChI is InChI=1S/C16H17N3OS/c1-3-10-7-8-21-15(10)14-13(16(17)19-18-14)11-5-4-6-12(9-11)20-2/h4-9H,3H2,1-2H3,(H3,17,18,19). The van der Waals surface area contributed by atoms with Crippen LogP contribution < -0.4 is 10.5 Å². The fourth-order valence-corrected chi connectivity index (χ4v) is 3.42. The number of nitrogen functional groups attached to an aromatic ring is 1. The monoisotopic (exact) mass is 299 g/mol. The van der Waals surface area contributed by atoms with E-state index in [1.54, 1.807) is 18.4 Å². The number of nitrogens with two attached hydrogens (primary N) is 1. The Hall–Kier alpha value is -2.27. The van der Waals surface area contributed by atoms with Crippen LogP contribution >= 0.6 is 11.3 Å². The summed E-state index contributed by atoms with van der Waals surface area (Å²) in [6.07, 6.45) is 0.981. The quantitative estimate of drug-likeness (QED) is 0.766. The number of ether oxygens (including phenoxy) is 1. The summed E-state index contributed by atoms with van der Waals surface area (Å²) in [5.74, 6) is 1.31. The molecule has 0 fully saturated rings. The average Bonchev–Trinajstić information content (AvgIpc) is 3.13. The van der Waals surface area contributed by atoms with Crippen molar-refractivity contribution < 1.29 is 4.74 Å². The second-order valence-corrected chi connectivity index (χ2v) is 5.64. The van der Waals surface area contributed by atoms with Gasteiger partial charge in [-0.05, 0) is 41.1 Å². The molecule has 0 aliphatic heterocycles. The maximum atomic E-state index is 6.08. The lowest BCUT2D eigenvalue weighted by molar-refractivity contribution is 0.415. The number of hydrogen-bond acceptors (Lipinski definition) is 4. The number of aromatic nitrogens is 2. The molecule has 0 aliphatic carbocycles. The molecule has 0 saturated carbocycles. The Balaban J connectivity index is 2.17. The number of anilines is 1. The number of aromatic amines is 1. The summed E-state index contributed by atoms with van der Waals surface area (Å²) in [5, 5.41) is 9.38. The molecule has 0 atom stereocenters. The molecule has 1 aromatic carbocycles. The SMILES string of the molecule is CCc1ccsc1-c1[nH]nc(N)c1-c1cccc(OC)c1. The fraction of sp³-hybridized carbons (Fsp3) is 0.188. The number of thiophene rings is 1. The number of rotatable bonds is 4. The van der Waals surface area contributed by atoms with Gasteiger partial charge in [0.15, 0.2) is 5.82 Å². The van der Waals surface area contributed by atoms with E-state index in [-0.39, 0.29) is 0 Å². The molecule has 0 spiro atoms. The van der Waals surface area contributed by atoms with Crippen LogP contribution in [0.4, 0.5) is 5.82 Å². The second kappa shape index (κ2) is 5.61. The highest BCUT2D eigenvalue weighted by molar-refractivity contribution is 7.13. The van der Waals surface area contributed by atoms with Gasteiger partial charge in [0.05, 0.1) is 23.2 Å². The third-order valence-corrected chi connectivity index (χ3v) is 4.48. The minimum atomic E-state index is 0.508. The highest BCUT2D eigenvalue weighted by Crippen LogP contribution is 2.39. The first-order chi connectivity index (χ1) is 10.2. The van der Waals surface area contributed by atoms with E-state index in [4.69, 9.17) is 10.5 Å². The van der Waals surface area contributed by atoms with Crippen molar-refractivity contribution in [1.29, 1.82) is 0 Å². The predicted octanol–water partition coefficient (Wildman–Crippen LogP) is 3.96. The van der Waals surface area contributed by atoms with Gasteiger partial charge in [-0.1, -0.05) is 19.1 Å². The maximum absolute atomic E-state index is 6.08. The van der Waals surface area contributed by atoms with E-state index in [1.165, 1.54) is 10.4 Å². The Morgan fingerprint density at radius 2 is 2.19 bits per heavy atom. The van der Waals surface area contributed by atoms with Gasteiger partial charge in [0.2, 0.25) is 0 Å². The Morgan fingerprint density at radius 3 is 2.95 bits per heavy atom. The molecule has 5 heteroatoms. The molecule has 108 valence electrons. The molecule has 2 heterocycles. The van der Waals surface area contributed by atoms with Crippen LogP contribution in [0, 0.1) is 0 Å². The van der Waals surface area contributed by atoms with Crippen LogP contribution in [0.15, 0.2) is 35.7 Å². The van der Waals surface area contributed by atoms with Crippen molar-refractivity contribution in [3.8, 4) is 27.4 Å². The van der Waals surface area contributed by atoms with Crippen LogP contribution in [0.1, 0.15) is 12.5 Å². The summed E-state index contributed by atoms with van der Waals surface area (Å²) in [4.78, 5) is 1.19. The largest absolute Gasteiger partial charge is 0.497 e. The lowest BCUT2D eigenvalue weighted by Gasteiger charge is -2.07. The number of hydrogen-bond donors (Lipinski definition) is 2. The number of nitrogens with zero attached hydrogens (tertiary/aromatic N) is 1. The van der Waals surface area contributed by atoms with E-state index < -0.39 is 0 Å². The van der Waals surface area contributed by atoms with Gasteiger partial charge in [0.1, 0.15) is 5.75 Å². The van der Waals surface area contributed by atoms with Crippen LogP contribution in [0.3, 0.4) is 0 Å². The first kappa shape index (κ1) is 13.7. The van der Waals surface area contributed by atoms with Crippen LogP contribution in [0.25, 0.3) is 21.7 Å². The fourth-order valence-electron chi connectivity index (χ4n) is 2.42. The Bertz CT molecular complexity index is 760. The third-order valence-electron chi connectivity index (χ3n) is 3.51. The molecule has 21 heavy (non-hydrogen) atoms. The molecule has 0 amide bonds. The number of aryl methyl sites for hydroxylation is 1. The molecular formula is C16H17N3OS. The maximum Gasteiger partial charge on any atom is 0.153 e. The first-order valence-electron chi connectivity index (χ1n) is 6.79. The molecular weight excluding hydrogens is 282 g/mol. The van der Waals surface area contributed by atoms with E-state index in [0.717, 1.165) is 29.0 Å². The number of H-pyrrole nitrogens is 1. The number of benzene rings is 1. The topological polar surface area (TPSA) is 63.9 Å². The summed E-state index contributed by atoms with van der Waals surface area (Å²) in [7, 11) is 1.66. The summed E-state index contributed by atoms with van der Waals surface area (Å²) in [6.45, 7) is 2.15. The molecule has 3 N–H and O–H groups in total. The minimum Gasteiger partial charge on any atom is -0.497 e. The lowest BCUT2D eigenvalue weighted by atomic mass is 10.0. The molecule has 0 radical (unpaired) electrons. The molecule has 0 bridgehead atoms. The predicted molar refractivity (Wildman–Crippen MR) is 87.7 cm³/mol. The zero-order valence-corrected chi connectivity index (χ0v) is 12.8. The lowest BCUT2D eigenvalue weighted by Crippen LogP contribution is -1.90. The van der Waals surface area contributed by atoms with Gasteiger partial charge in [0.25, 0.3) is 0 Å². The van der Waals surface area contributed by atoms with Gasteiger partial charge in [0, 0.05) is 0 Å². The normalized spacial score (nSPS) is 10.8. The van der Waals surface area contributed by atoms with Crippen LogP contribution in [-0.4, -0.2) is 17.3 Å². The third kappa shape index (κ3) is 2.40. The van der Waals surface area contributed by atoms with E-state index >= 15 is 0 Å². The van der Waals surface area contributed by atoms with Crippen LogP contribution in [0.5, 0.6) is 5.75 Å². The second-order valence-electron chi connectivity index (χ2n) is 4.72. The van der Waals surface area contributed by atoms with Gasteiger partial charge >= 0.3 is 0 Å². The van der Waals surface area contributed by atoms with Crippen LogP contribution in [-0.2, 0) is 6.42 Å². The molecule has 3 aromatic rings. The van der Waals surface area contributed by atoms with Crippen molar-refractivity contribution in [2.75, 3.05) is 12.8 Å². The van der Waals surface area contributed by atoms with E-state index in [9.17, 15) is 0 Å². The molecule has 2 aromatic heterocycles. The van der Waals surface area contributed by atoms with Gasteiger partial charge in [-0.25, -0.2) is 0 Å². The highest BCUT2D eigenvalue weighted by atomic mass is 32.1. The van der Waals surface area contributed by atoms with Gasteiger partial charge < -0.3 is 10.5 Å². The van der Waals surface area contributed by atoms with E-state index in [0.29, 0.717) is 5.82 Å². The smallest absolute Gasteiger partial charge is 0.153 e. The van der Waals surface area contributed by atoms with Crippen molar-refractivity contribution in [1.82, 2.24) is 10.2 Å². The molecule has 0 saturated heterocycles. The first-order valence-corrected chi connectivity index (χ1v) is 7.67. The summed E-state index contributed by atoms with van der Waals surface area (Å²) < 4.78 is 5.30. The van der Waals surface area contributed by atoms with Crippen molar-refractivity contribution in [3.05, 3.63) is 41.3 Å². The van der Waals surface area contributed by atoms with Crippen molar-refractivity contribution in [2.24, 2.45) is 0 Å². The Morgan fingerprint density at radius 1 is 1.33 bits per heavy atom. The van der Waals surface area contributed by atoms with Crippen molar-refractivity contribution >= 4 is 17.2 Å². The minimum absolute atomic E-state index is 0.508. The van der Waals surface area contributed by atoms with Crippen molar-refractivity contribution in [3.63, 3.8) is 0 Å². The molecule has 0 unspecified atom stereocenters. The summed E-state index contributed by atoms with van der Waals surface area (Å²) >= 11 is 1.70. The van der Waals surface area contributed by atoms with Gasteiger partial charge in [-0.15, -0.1) is 11.3 Å². The Kier molecular flexibility index (Phi) is 3.66. The van der Waals surface area contributed by atoms with Gasteiger partial charge in [-0.2, -0.15) is 5.10 Å². The number of methoxy groups -OCH3 is 1. The van der Waals surface area contributed by atoms with Crippen LogP contribution in [0.2, 0.25) is 0 Å². The van der Waals surface area contributed by atoms with E-state index in [1.807, 2.05) is 24.3 Å². The molecule has 0 aliphatic rings. The number of nitrogens with one attached hydrogen (secondary N) is 1.